The number of aromatic nitrogens is 1. The van der Waals surface area contributed by atoms with Crippen LogP contribution in [0.3, 0.4) is 0 Å². The zero-order valence-corrected chi connectivity index (χ0v) is 13.7. The van der Waals surface area contributed by atoms with Gasteiger partial charge in [-0.1, -0.05) is 17.7 Å². The van der Waals surface area contributed by atoms with E-state index in [0.717, 1.165) is 22.9 Å². The summed E-state index contributed by atoms with van der Waals surface area (Å²) >= 11 is 1.65. The second kappa shape index (κ2) is 7.03. The normalized spacial score (nSPS) is 15.1. The molecule has 1 saturated heterocycles. The van der Waals surface area contributed by atoms with Crippen molar-refractivity contribution in [3.8, 4) is 0 Å². The fourth-order valence-electron chi connectivity index (χ4n) is 2.64. The Morgan fingerprint density at radius 2 is 2.00 bits per heavy atom. The lowest BCUT2D eigenvalue weighted by Crippen LogP contribution is -2.18. The second-order valence-corrected chi connectivity index (χ2v) is 6.75. The number of thiazole rings is 1. The zero-order valence-electron chi connectivity index (χ0n) is 12.8. The van der Waals surface area contributed by atoms with Gasteiger partial charge in [-0.3, -0.25) is 9.69 Å². The van der Waals surface area contributed by atoms with Crippen LogP contribution >= 0.6 is 11.3 Å². The number of hydrogen-bond acceptors (Lipinski definition) is 4. The lowest BCUT2D eigenvalue weighted by Gasteiger charge is -2.11. The molecule has 1 aliphatic rings. The second-order valence-electron chi connectivity index (χ2n) is 5.81. The third-order valence-electron chi connectivity index (χ3n) is 3.83. The molecule has 116 valence electrons. The number of hydrogen-bond donors (Lipinski definition) is 1. The number of carbonyl (C=O) groups is 1. The van der Waals surface area contributed by atoms with Gasteiger partial charge in [0, 0.05) is 11.1 Å². The highest BCUT2D eigenvalue weighted by Crippen LogP contribution is 2.17. The average Bonchev–Trinajstić information content (AvgIpc) is 3.14. The predicted molar refractivity (Wildman–Crippen MR) is 90.1 cm³/mol. The number of likely N-dealkylation sites (tertiary alicyclic amines) is 1. The summed E-state index contributed by atoms with van der Waals surface area (Å²) in [6.07, 6.45) is 2.92. The van der Waals surface area contributed by atoms with Crippen LogP contribution in [0.1, 0.15) is 29.1 Å². The summed E-state index contributed by atoms with van der Waals surface area (Å²) in [5, 5.41) is 6.03. The van der Waals surface area contributed by atoms with Gasteiger partial charge in [0.05, 0.1) is 18.7 Å². The van der Waals surface area contributed by atoms with Crippen molar-refractivity contribution in [3.63, 3.8) is 0 Å². The van der Waals surface area contributed by atoms with Gasteiger partial charge in [0.25, 0.3) is 0 Å². The van der Waals surface area contributed by atoms with E-state index in [9.17, 15) is 4.79 Å². The molecule has 0 saturated carbocycles. The third-order valence-corrected chi connectivity index (χ3v) is 4.72. The Morgan fingerprint density at radius 1 is 1.27 bits per heavy atom. The van der Waals surface area contributed by atoms with Crippen molar-refractivity contribution in [1.29, 1.82) is 0 Å². The number of aryl methyl sites for hydroxylation is 1. The van der Waals surface area contributed by atoms with Crippen LogP contribution in [0.2, 0.25) is 0 Å². The van der Waals surface area contributed by atoms with Crippen molar-refractivity contribution in [2.45, 2.75) is 32.7 Å². The van der Waals surface area contributed by atoms with Gasteiger partial charge in [0.1, 0.15) is 5.01 Å². The molecule has 0 bridgehead atoms. The maximum Gasteiger partial charge on any atom is 0.230 e. The monoisotopic (exact) mass is 315 g/mol. The maximum atomic E-state index is 12.1. The van der Waals surface area contributed by atoms with E-state index in [0.29, 0.717) is 6.42 Å². The molecular formula is C17H21N3OS. The Bertz CT molecular complexity index is 630. The molecule has 3 rings (SSSR count). The van der Waals surface area contributed by atoms with Crippen molar-refractivity contribution >= 4 is 22.9 Å². The van der Waals surface area contributed by atoms with Crippen molar-refractivity contribution < 1.29 is 4.79 Å². The van der Waals surface area contributed by atoms with E-state index in [1.807, 2.05) is 36.6 Å². The number of anilines is 1. The van der Waals surface area contributed by atoms with Crippen LogP contribution in [0.5, 0.6) is 0 Å². The number of carbonyl (C=O) groups excluding carboxylic acids is 1. The molecule has 1 amide bonds. The minimum Gasteiger partial charge on any atom is -0.326 e. The van der Waals surface area contributed by atoms with Crippen LogP contribution in [-0.2, 0) is 17.8 Å². The summed E-state index contributed by atoms with van der Waals surface area (Å²) in [4.78, 5) is 19.1. The molecule has 1 aromatic carbocycles. The summed E-state index contributed by atoms with van der Waals surface area (Å²) < 4.78 is 0. The summed E-state index contributed by atoms with van der Waals surface area (Å²) in [6.45, 7) is 5.29. The van der Waals surface area contributed by atoms with Crippen LogP contribution in [-0.4, -0.2) is 28.9 Å². The molecule has 22 heavy (non-hydrogen) atoms. The van der Waals surface area contributed by atoms with Gasteiger partial charge in [-0.2, -0.15) is 0 Å². The number of nitrogens with one attached hydrogen (secondary N) is 1. The van der Waals surface area contributed by atoms with E-state index in [1.165, 1.54) is 31.5 Å². The number of nitrogens with zero attached hydrogens (tertiary/aromatic N) is 2. The Morgan fingerprint density at radius 3 is 2.73 bits per heavy atom. The lowest BCUT2D eigenvalue weighted by molar-refractivity contribution is -0.115. The molecule has 0 atom stereocenters. The van der Waals surface area contributed by atoms with Crippen molar-refractivity contribution in [3.05, 3.63) is 45.9 Å². The number of benzene rings is 1. The van der Waals surface area contributed by atoms with Gasteiger partial charge in [-0.15, -0.1) is 11.3 Å². The van der Waals surface area contributed by atoms with E-state index < -0.39 is 0 Å². The quantitative estimate of drug-likeness (QED) is 0.921. The Kier molecular flexibility index (Phi) is 4.85. The predicted octanol–water partition coefficient (Wildman–Crippen LogP) is 3.23. The van der Waals surface area contributed by atoms with Gasteiger partial charge < -0.3 is 5.32 Å². The van der Waals surface area contributed by atoms with E-state index in [4.69, 9.17) is 0 Å². The third kappa shape index (κ3) is 4.15. The molecule has 1 N–H and O–H groups in total. The summed E-state index contributed by atoms with van der Waals surface area (Å²) in [5.74, 6) is -0.0122. The SMILES string of the molecule is Cc1ccc(NC(=O)Cc2csc(CN3CCCC3)n2)cc1. The first-order valence-corrected chi connectivity index (χ1v) is 8.59. The average molecular weight is 315 g/mol. The van der Waals surface area contributed by atoms with Gasteiger partial charge in [0.15, 0.2) is 0 Å². The van der Waals surface area contributed by atoms with E-state index in [-0.39, 0.29) is 5.91 Å². The minimum absolute atomic E-state index is 0.0122. The molecule has 1 aromatic heterocycles. The van der Waals surface area contributed by atoms with E-state index in [2.05, 4.69) is 15.2 Å². The van der Waals surface area contributed by atoms with Gasteiger partial charge >= 0.3 is 0 Å². The van der Waals surface area contributed by atoms with Crippen LogP contribution in [0.15, 0.2) is 29.6 Å². The molecule has 0 spiro atoms. The minimum atomic E-state index is -0.0122. The first kappa shape index (κ1) is 15.2. The summed E-state index contributed by atoms with van der Waals surface area (Å²) in [6, 6.07) is 7.83. The molecule has 1 aliphatic heterocycles. The van der Waals surface area contributed by atoms with Crippen LogP contribution < -0.4 is 5.32 Å². The standard InChI is InChI=1S/C17H21N3OS/c1-13-4-6-14(7-5-13)18-16(21)10-15-12-22-17(19-15)11-20-8-2-3-9-20/h4-7,12H,2-3,8-11H2,1H3,(H,18,21). The molecule has 2 aromatic rings. The van der Waals surface area contributed by atoms with Crippen LogP contribution in [0, 0.1) is 6.92 Å². The zero-order chi connectivity index (χ0) is 15.4. The smallest absolute Gasteiger partial charge is 0.230 e. The fourth-order valence-corrected chi connectivity index (χ4v) is 3.48. The molecule has 0 unspecified atom stereocenters. The van der Waals surface area contributed by atoms with E-state index >= 15 is 0 Å². The Balaban J connectivity index is 1.52. The first-order chi connectivity index (χ1) is 10.7. The largest absolute Gasteiger partial charge is 0.326 e. The highest BCUT2D eigenvalue weighted by molar-refractivity contribution is 7.09. The molecule has 4 nitrogen and oxygen atoms in total. The number of rotatable bonds is 5. The molecule has 0 radical (unpaired) electrons. The van der Waals surface area contributed by atoms with Gasteiger partial charge in [-0.25, -0.2) is 4.98 Å². The maximum absolute atomic E-state index is 12.1. The Labute approximate surface area is 135 Å². The van der Waals surface area contributed by atoms with E-state index in [1.54, 1.807) is 11.3 Å². The first-order valence-electron chi connectivity index (χ1n) is 7.71. The number of amides is 1. The molecule has 5 heteroatoms. The van der Waals surface area contributed by atoms with Crippen LogP contribution in [0.4, 0.5) is 5.69 Å². The molecule has 2 heterocycles. The molecule has 0 aliphatic carbocycles. The highest BCUT2D eigenvalue weighted by Gasteiger charge is 2.14. The van der Waals surface area contributed by atoms with Gasteiger partial charge in [-0.05, 0) is 45.0 Å². The fraction of sp³-hybridized carbons (Fsp3) is 0.412. The van der Waals surface area contributed by atoms with Gasteiger partial charge in [0.2, 0.25) is 5.91 Å². The molecular weight excluding hydrogens is 294 g/mol. The highest BCUT2D eigenvalue weighted by atomic mass is 32.1. The summed E-state index contributed by atoms with van der Waals surface area (Å²) in [5.41, 5.74) is 2.89. The van der Waals surface area contributed by atoms with Crippen molar-refractivity contribution in [2.75, 3.05) is 18.4 Å². The Hall–Kier alpha value is -1.72. The van der Waals surface area contributed by atoms with Crippen molar-refractivity contribution in [2.24, 2.45) is 0 Å². The van der Waals surface area contributed by atoms with Crippen LogP contribution in [0.25, 0.3) is 0 Å². The summed E-state index contributed by atoms with van der Waals surface area (Å²) in [7, 11) is 0. The van der Waals surface area contributed by atoms with Crippen molar-refractivity contribution in [1.82, 2.24) is 9.88 Å². The lowest BCUT2D eigenvalue weighted by atomic mass is 10.2. The topological polar surface area (TPSA) is 45.2 Å². The molecule has 1 fully saturated rings.